The van der Waals surface area contributed by atoms with Crippen molar-refractivity contribution in [1.82, 2.24) is 9.97 Å². The maximum absolute atomic E-state index is 4.73. The Hall–Kier alpha value is -1.12. The second-order valence-corrected chi connectivity index (χ2v) is 5.13. The highest BCUT2D eigenvalue weighted by Crippen LogP contribution is 2.13. The Morgan fingerprint density at radius 2 is 1.58 bits per heavy atom. The van der Waals surface area contributed by atoms with Crippen LogP contribution in [-0.4, -0.2) is 23.1 Å². The Bertz CT molecular complexity index is 331. The van der Waals surface area contributed by atoms with Crippen molar-refractivity contribution in [2.75, 3.05) is 18.0 Å². The number of aryl methyl sites for hydroxylation is 1. The van der Waals surface area contributed by atoms with E-state index >= 15 is 0 Å². The number of unbranched alkanes of at least 4 members (excludes halogenated alkanes) is 3. The van der Waals surface area contributed by atoms with Gasteiger partial charge in [0.1, 0.15) is 11.6 Å². The van der Waals surface area contributed by atoms with E-state index in [1.165, 1.54) is 38.5 Å². The molecular weight excluding hydrogens is 234 g/mol. The highest BCUT2D eigenvalue weighted by atomic mass is 15.2. The van der Waals surface area contributed by atoms with E-state index < -0.39 is 0 Å². The van der Waals surface area contributed by atoms with Crippen LogP contribution >= 0.6 is 0 Å². The lowest BCUT2D eigenvalue weighted by atomic mass is 10.2. The van der Waals surface area contributed by atoms with E-state index in [0.717, 1.165) is 31.2 Å². The van der Waals surface area contributed by atoms with E-state index in [1.54, 1.807) is 0 Å². The summed E-state index contributed by atoms with van der Waals surface area (Å²) in [5.41, 5.74) is 0. The molecule has 1 aromatic rings. The number of nitrogens with zero attached hydrogens (tertiary/aromatic N) is 3. The zero-order valence-electron chi connectivity index (χ0n) is 12.9. The topological polar surface area (TPSA) is 29.0 Å². The minimum atomic E-state index is 0.998. The van der Waals surface area contributed by atoms with Gasteiger partial charge < -0.3 is 4.90 Å². The van der Waals surface area contributed by atoms with Crippen LogP contribution in [0.1, 0.15) is 65.1 Å². The molecule has 108 valence electrons. The quantitative estimate of drug-likeness (QED) is 0.632. The maximum atomic E-state index is 4.73. The summed E-state index contributed by atoms with van der Waals surface area (Å²) in [6.07, 6.45) is 10.2. The van der Waals surface area contributed by atoms with E-state index in [-0.39, 0.29) is 0 Å². The van der Waals surface area contributed by atoms with Crippen LogP contribution in [0.4, 0.5) is 5.82 Å². The monoisotopic (exact) mass is 263 g/mol. The fourth-order valence-corrected chi connectivity index (χ4v) is 2.06. The number of rotatable bonds is 10. The minimum absolute atomic E-state index is 0.998. The molecule has 0 amide bonds. The molecule has 0 aliphatic carbocycles. The first kappa shape index (κ1) is 15.9. The largest absolute Gasteiger partial charge is 0.357 e. The van der Waals surface area contributed by atoms with Gasteiger partial charge in [-0.25, -0.2) is 9.97 Å². The Morgan fingerprint density at radius 3 is 2.16 bits per heavy atom. The van der Waals surface area contributed by atoms with Gasteiger partial charge in [-0.05, 0) is 25.3 Å². The molecule has 0 aliphatic rings. The van der Waals surface area contributed by atoms with Crippen LogP contribution in [0.15, 0.2) is 12.3 Å². The molecule has 0 atom stereocenters. The summed E-state index contributed by atoms with van der Waals surface area (Å²) < 4.78 is 0. The zero-order chi connectivity index (χ0) is 13.9. The average molecular weight is 263 g/mol. The Kier molecular flexibility index (Phi) is 8.19. The predicted molar refractivity (Wildman–Crippen MR) is 82.7 cm³/mol. The zero-order valence-corrected chi connectivity index (χ0v) is 12.9. The van der Waals surface area contributed by atoms with Gasteiger partial charge >= 0.3 is 0 Å². The highest BCUT2D eigenvalue weighted by molar-refractivity contribution is 5.37. The van der Waals surface area contributed by atoms with Crippen molar-refractivity contribution in [2.45, 2.75) is 65.7 Å². The van der Waals surface area contributed by atoms with E-state index in [4.69, 9.17) is 4.98 Å². The molecule has 0 fully saturated rings. The molecule has 19 heavy (non-hydrogen) atoms. The second-order valence-electron chi connectivity index (χ2n) is 5.13. The van der Waals surface area contributed by atoms with Crippen LogP contribution in [0, 0.1) is 0 Å². The summed E-state index contributed by atoms with van der Waals surface area (Å²) in [6, 6.07) is 2.06. The summed E-state index contributed by atoms with van der Waals surface area (Å²) >= 11 is 0. The van der Waals surface area contributed by atoms with Gasteiger partial charge in [-0.15, -0.1) is 0 Å². The van der Waals surface area contributed by atoms with Crippen molar-refractivity contribution in [2.24, 2.45) is 0 Å². The molecular formula is C16H29N3. The van der Waals surface area contributed by atoms with Crippen molar-refractivity contribution in [3.63, 3.8) is 0 Å². The molecule has 0 aromatic carbocycles. The third kappa shape index (κ3) is 6.04. The molecule has 1 heterocycles. The lowest BCUT2D eigenvalue weighted by molar-refractivity contribution is 0.665. The summed E-state index contributed by atoms with van der Waals surface area (Å²) in [7, 11) is 0. The van der Waals surface area contributed by atoms with Gasteiger partial charge in [0.15, 0.2) is 0 Å². The molecule has 0 unspecified atom stereocenters. The lowest BCUT2D eigenvalue weighted by Gasteiger charge is -2.23. The fraction of sp³-hybridized carbons (Fsp3) is 0.750. The van der Waals surface area contributed by atoms with Gasteiger partial charge in [0.25, 0.3) is 0 Å². The highest BCUT2D eigenvalue weighted by Gasteiger charge is 2.08. The molecule has 0 bridgehead atoms. The molecule has 0 radical (unpaired) electrons. The normalized spacial score (nSPS) is 10.7. The van der Waals surface area contributed by atoms with E-state index in [9.17, 15) is 0 Å². The minimum Gasteiger partial charge on any atom is -0.357 e. The van der Waals surface area contributed by atoms with Gasteiger partial charge in [0.2, 0.25) is 0 Å². The van der Waals surface area contributed by atoms with Crippen LogP contribution < -0.4 is 4.90 Å². The molecule has 1 rings (SSSR count). The second kappa shape index (κ2) is 9.76. The molecule has 0 saturated carbocycles. The molecule has 0 N–H and O–H groups in total. The molecule has 3 nitrogen and oxygen atoms in total. The number of hydrogen-bond donors (Lipinski definition) is 0. The Balaban J connectivity index is 2.69. The summed E-state index contributed by atoms with van der Waals surface area (Å²) in [4.78, 5) is 11.5. The Morgan fingerprint density at radius 1 is 0.947 bits per heavy atom. The first-order chi connectivity index (χ1) is 9.31. The van der Waals surface area contributed by atoms with E-state index in [2.05, 4.69) is 36.7 Å². The standard InChI is InChI=1S/C16H29N3/c1-4-7-10-15-17-12-11-16(18-15)19(13-8-5-2)14-9-6-3/h11-12H,4-10,13-14H2,1-3H3. The first-order valence-electron chi connectivity index (χ1n) is 7.88. The predicted octanol–water partition coefficient (Wildman–Crippen LogP) is 4.23. The number of hydrogen-bond acceptors (Lipinski definition) is 3. The van der Waals surface area contributed by atoms with Crippen molar-refractivity contribution in [3.05, 3.63) is 18.1 Å². The van der Waals surface area contributed by atoms with Crippen LogP contribution in [0.2, 0.25) is 0 Å². The van der Waals surface area contributed by atoms with Crippen molar-refractivity contribution in [1.29, 1.82) is 0 Å². The smallest absolute Gasteiger partial charge is 0.132 e. The van der Waals surface area contributed by atoms with E-state index in [0.29, 0.717) is 0 Å². The molecule has 0 spiro atoms. The number of anilines is 1. The van der Waals surface area contributed by atoms with Crippen molar-refractivity contribution >= 4 is 5.82 Å². The van der Waals surface area contributed by atoms with Crippen LogP contribution in [0.5, 0.6) is 0 Å². The fourth-order valence-electron chi connectivity index (χ4n) is 2.06. The van der Waals surface area contributed by atoms with Crippen LogP contribution in [-0.2, 0) is 6.42 Å². The van der Waals surface area contributed by atoms with Crippen molar-refractivity contribution in [3.8, 4) is 0 Å². The lowest BCUT2D eigenvalue weighted by Crippen LogP contribution is -2.27. The molecule has 1 aromatic heterocycles. The van der Waals surface area contributed by atoms with Crippen molar-refractivity contribution < 1.29 is 0 Å². The first-order valence-corrected chi connectivity index (χ1v) is 7.88. The van der Waals surface area contributed by atoms with Crippen LogP contribution in [0.25, 0.3) is 0 Å². The van der Waals surface area contributed by atoms with Crippen LogP contribution in [0.3, 0.4) is 0 Å². The number of aromatic nitrogens is 2. The maximum Gasteiger partial charge on any atom is 0.132 e. The van der Waals surface area contributed by atoms with Gasteiger partial charge in [-0.2, -0.15) is 0 Å². The SMILES string of the molecule is CCCCc1nccc(N(CCCC)CCCC)n1. The Labute approximate surface area is 118 Å². The van der Waals surface area contributed by atoms with Gasteiger partial charge in [0, 0.05) is 25.7 Å². The van der Waals surface area contributed by atoms with Gasteiger partial charge in [0.05, 0.1) is 0 Å². The summed E-state index contributed by atoms with van der Waals surface area (Å²) in [5, 5.41) is 0. The third-order valence-electron chi connectivity index (χ3n) is 3.33. The van der Waals surface area contributed by atoms with Gasteiger partial charge in [-0.3, -0.25) is 0 Å². The molecule has 0 saturated heterocycles. The molecule has 3 heteroatoms. The summed E-state index contributed by atoms with van der Waals surface area (Å²) in [6.45, 7) is 8.91. The molecule has 0 aliphatic heterocycles. The third-order valence-corrected chi connectivity index (χ3v) is 3.33. The van der Waals surface area contributed by atoms with Gasteiger partial charge in [-0.1, -0.05) is 40.0 Å². The average Bonchev–Trinajstić information content (AvgIpc) is 2.45. The summed E-state index contributed by atoms with van der Waals surface area (Å²) in [5.74, 6) is 2.11. The van der Waals surface area contributed by atoms with E-state index in [1.807, 2.05) is 6.20 Å².